The van der Waals surface area contributed by atoms with Crippen molar-refractivity contribution in [3.05, 3.63) is 218 Å². The van der Waals surface area contributed by atoms with Crippen molar-refractivity contribution in [2.24, 2.45) is 9.98 Å². The number of benzene rings is 9. The van der Waals surface area contributed by atoms with E-state index in [1.807, 2.05) is 0 Å². The van der Waals surface area contributed by atoms with Crippen molar-refractivity contribution in [2.45, 2.75) is 6.17 Å². The number of hydrogen-bond acceptors (Lipinski definition) is 3. The third-order valence-electron chi connectivity index (χ3n) is 13.6. The topological polar surface area (TPSA) is 47.7 Å². The molecular formula is C58H39N7. The smallest absolute Gasteiger partial charge is 0.235 e. The Labute approximate surface area is 373 Å². The molecule has 0 radical (unpaired) electrons. The summed E-state index contributed by atoms with van der Waals surface area (Å²) in [4.78, 5) is 13.7. The van der Waals surface area contributed by atoms with E-state index in [2.05, 4.69) is 243 Å². The van der Waals surface area contributed by atoms with Crippen molar-refractivity contribution >= 4 is 99.1 Å². The molecule has 0 fully saturated rings. The quantitative estimate of drug-likeness (QED) is 0.175. The minimum absolute atomic E-state index is 0.379. The molecule has 1 aliphatic rings. The van der Waals surface area contributed by atoms with Gasteiger partial charge in [0.15, 0.2) is 6.17 Å². The van der Waals surface area contributed by atoms with E-state index in [0.29, 0.717) is 5.96 Å². The highest BCUT2D eigenvalue weighted by Gasteiger charge is 2.32. The van der Waals surface area contributed by atoms with Gasteiger partial charge in [-0.25, -0.2) is 4.99 Å². The summed E-state index contributed by atoms with van der Waals surface area (Å²) in [5, 5.41) is 9.45. The molecule has 0 bridgehead atoms. The number of fused-ring (bicyclic) bond motifs is 13. The van der Waals surface area contributed by atoms with Crippen LogP contribution in [0.1, 0.15) is 11.7 Å². The highest BCUT2D eigenvalue weighted by Crippen LogP contribution is 2.43. The van der Waals surface area contributed by atoms with Crippen LogP contribution in [0.4, 0.5) is 0 Å². The predicted molar refractivity (Wildman–Crippen MR) is 270 cm³/mol. The summed E-state index contributed by atoms with van der Waals surface area (Å²) in [5.74, 6) is 1.43. The summed E-state index contributed by atoms with van der Waals surface area (Å²) in [5.41, 5.74) is 12.2. The molecule has 306 valence electrons. The van der Waals surface area contributed by atoms with Gasteiger partial charge in [0.1, 0.15) is 0 Å². The van der Waals surface area contributed by atoms with Gasteiger partial charge in [-0.1, -0.05) is 146 Å². The Bertz CT molecular complexity index is 4130. The van der Waals surface area contributed by atoms with E-state index >= 15 is 0 Å². The highest BCUT2D eigenvalue weighted by molar-refractivity contribution is 6.29. The molecule has 5 heterocycles. The third kappa shape index (κ3) is 5.06. The van der Waals surface area contributed by atoms with Crippen LogP contribution in [-0.4, -0.2) is 42.1 Å². The lowest BCUT2D eigenvalue weighted by Crippen LogP contribution is -2.40. The molecule has 1 atom stereocenters. The molecule has 13 aromatic rings. The molecule has 7 nitrogen and oxygen atoms in total. The van der Waals surface area contributed by atoms with Gasteiger partial charge in [0.25, 0.3) is 0 Å². The number of rotatable bonds is 3. The first-order valence-corrected chi connectivity index (χ1v) is 22.2. The van der Waals surface area contributed by atoms with E-state index < -0.39 is 0 Å². The van der Waals surface area contributed by atoms with Crippen molar-refractivity contribution < 1.29 is 0 Å². The maximum absolute atomic E-state index is 5.78. The number of para-hydroxylation sites is 6. The lowest BCUT2D eigenvalue weighted by Gasteiger charge is -2.33. The van der Waals surface area contributed by atoms with Crippen LogP contribution in [0.2, 0.25) is 0 Å². The zero-order valence-corrected chi connectivity index (χ0v) is 35.4. The molecule has 0 amide bonds. The summed E-state index contributed by atoms with van der Waals surface area (Å²) in [6.07, 6.45) is -0.379. The Kier molecular flexibility index (Phi) is 7.54. The Hall–Kier alpha value is -8.68. The average Bonchev–Trinajstić information content (AvgIpc) is 4.09. The van der Waals surface area contributed by atoms with E-state index in [0.717, 1.165) is 72.3 Å². The molecule has 1 aliphatic heterocycles. The van der Waals surface area contributed by atoms with Gasteiger partial charge in [-0.15, -0.1) is 0 Å². The molecule has 14 rings (SSSR count). The molecule has 65 heavy (non-hydrogen) atoms. The first-order chi connectivity index (χ1) is 32.2. The average molecular weight is 834 g/mol. The molecule has 0 saturated carbocycles. The standard InChI is InChI=1S/C58H39N7/c1-61-56(37-19-5-2-6-20-37)59-57(65-49-31-17-11-25-40(49)43-33-34-51-54(55(43)65)44-28-14-18-32-50(44)62(51)38-21-7-3-8-22-38)60-58(61)64-48-30-16-13-27-42(48)46-35-45-41-26-12-15-29-47(41)63(52(45)36-53(46)64)39-23-9-4-10-24-39/h2-36,56H,1H3. The second-order valence-corrected chi connectivity index (χ2v) is 17.1. The van der Waals surface area contributed by atoms with Gasteiger partial charge in [-0.05, 0) is 72.3 Å². The normalized spacial score (nSPS) is 14.5. The van der Waals surface area contributed by atoms with Gasteiger partial charge in [-0.3, -0.25) is 9.13 Å². The summed E-state index contributed by atoms with van der Waals surface area (Å²) < 4.78 is 9.48. The van der Waals surface area contributed by atoms with Crippen LogP contribution in [0.15, 0.2) is 222 Å². The van der Waals surface area contributed by atoms with Crippen molar-refractivity contribution in [3.63, 3.8) is 0 Å². The van der Waals surface area contributed by atoms with Crippen molar-refractivity contribution in [1.82, 2.24) is 23.2 Å². The lowest BCUT2D eigenvalue weighted by molar-refractivity contribution is 0.371. The highest BCUT2D eigenvalue weighted by atomic mass is 15.4. The lowest BCUT2D eigenvalue weighted by atomic mass is 10.1. The largest absolute Gasteiger partial charge is 0.319 e. The van der Waals surface area contributed by atoms with Gasteiger partial charge in [-0.2, -0.15) is 4.99 Å². The van der Waals surface area contributed by atoms with Gasteiger partial charge < -0.3 is 14.0 Å². The SMILES string of the molecule is CN1C(n2c3ccccc3c3cc4c5ccccc5n(-c5ccccc5)c4cc32)=NC(n2c3ccccc3c3ccc4c(c5ccccc5n4-c4ccccc4)c32)=NC1c1ccccc1. The fourth-order valence-corrected chi connectivity index (χ4v) is 10.8. The Morgan fingerprint density at radius 1 is 0.354 bits per heavy atom. The molecule has 0 saturated heterocycles. The summed E-state index contributed by atoms with van der Waals surface area (Å²) >= 11 is 0. The van der Waals surface area contributed by atoms with Crippen molar-refractivity contribution in [1.29, 1.82) is 0 Å². The van der Waals surface area contributed by atoms with Crippen LogP contribution in [0.5, 0.6) is 0 Å². The van der Waals surface area contributed by atoms with E-state index in [-0.39, 0.29) is 6.17 Å². The van der Waals surface area contributed by atoms with Crippen LogP contribution in [0.3, 0.4) is 0 Å². The van der Waals surface area contributed by atoms with E-state index in [9.17, 15) is 0 Å². The van der Waals surface area contributed by atoms with Crippen LogP contribution < -0.4 is 0 Å². The zero-order valence-electron chi connectivity index (χ0n) is 35.4. The summed E-state index contributed by atoms with van der Waals surface area (Å²) in [7, 11) is 2.13. The molecule has 0 N–H and O–H groups in total. The van der Waals surface area contributed by atoms with Gasteiger partial charge in [0.05, 0.1) is 44.1 Å². The number of hydrogen-bond donors (Lipinski definition) is 0. The Morgan fingerprint density at radius 3 is 1.43 bits per heavy atom. The zero-order chi connectivity index (χ0) is 42.8. The molecular weight excluding hydrogens is 795 g/mol. The predicted octanol–water partition coefficient (Wildman–Crippen LogP) is 13.8. The van der Waals surface area contributed by atoms with Gasteiger partial charge >= 0.3 is 0 Å². The molecule has 9 aromatic carbocycles. The van der Waals surface area contributed by atoms with Crippen molar-refractivity contribution in [2.75, 3.05) is 7.05 Å². The second kappa shape index (κ2) is 13.7. The third-order valence-corrected chi connectivity index (χ3v) is 13.6. The monoisotopic (exact) mass is 833 g/mol. The van der Waals surface area contributed by atoms with E-state index in [1.165, 1.54) is 37.8 Å². The van der Waals surface area contributed by atoms with Crippen molar-refractivity contribution in [3.8, 4) is 11.4 Å². The fraction of sp³-hybridized carbons (Fsp3) is 0.0345. The van der Waals surface area contributed by atoms with E-state index in [1.54, 1.807) is 0 Å². The molecule has 4 aromatic heterocycles. The second-order valence-electron chi connectivity index (χ2n) is 17.1. The minimum Gasteiger partial charge on any atom is -0.319 e. The van der Waals surface area contributed by atoms with Crippen LogP contribution >= 0.6 is 0 Å². The fourth-order valence-electron chi connectivity index (χ4n) is 10.8. The first-order valence-electron chi connectivity index (χ1n) is 22.2. The maximum atomic E-state index is 5.78. The Morgan fingerprint density at radius 2 is 0.815 bits per heavy atom. The number of aromatic nitrogens is 4. The number of nitrogens with zero attached hydrogens (tertiary/aromatic N) is 7. The molecule has 1 unspecified atom stereocenters. The van der Waals surface area contributed by atoms with E-state index in [4.69, 9.17) is 9.98 Å². The number of aliphatic imine (C=N–C) groups is 2. The summed E-state index contributed by atoms with van der Waals surface area (Å²) in [6.45, 7) is 0. The first kappa shape index (κ1) is 35.9. The summed E-state index contributed by atoms with van der Waals surface area (Å²) in [6, 6.07) is 76.3. The molecule has 0 spiro atoms. The van der Waals surface area contributed by atoms with Crippen LogP contribution in [0.25, 0.3) is 98.6 Å². The van der Waals surface area contributed by atoms with Gasteiger partial charge in [0, 0.05) is 61.5 Å². The molecule has 0 aliphatic carbocycles. The molecule has 7 heteroatoms. The maximum Gasteiger partial charge on any atom is 0.235 e. The van der Waals surface area contributed by atoms with Crippen LogP contribution in [-0.2, 0) is 0 Å². The van der Waals surface area contributed by atoms with Gasteiger partial charge in [0.2, 0.25) is 11.9 Å². The minimum atomic E-state index is -0.379. The Balaban J connectivity index is 1.11. The van der Waals surface area contributed by atoms with Crippen LogP contribution in [0, 0.1) is 0 Å².